The van der Waals surface area contributed by atoms with Crippen LogP contribution in [0.1, 0.15) is 44.6 Å². The fraction of sp³-hybridized carbons (Fsp3) is 0.611. The van der Waals surface area contributed by atoms with E-state index in [1.165, 1.54) is 25.0 Å². The Hall–Kier alpha value is -1.13. The lowest BCUT2D eigenvalue weighted by Crippen LogP contribution is -2.32. The molecule has 0 unspecified atom stereocenters. The van der Waals surface area contributed by atoms with Gasteiger partial charge in [-0.05, 0) is 62.4 Å². The average molecular weight is 343 g/mol. The van der Waals surface area contributed by atoms with Crippen molar-refractivity contribution in [2.24, 2.45) is 5.92 Å². The Balaban J connectivity index is 0.00000264. The normalized spacial score (nSPS) is 15.0. The standard InChI is InChI=1S/C18H27FN2O.ClH/c1-2-13-21(14-16-3-6-17(19)7-4-16)18(22)8-5-15-9-11-20-12-10-15;/h3-4,6-7,15,20H,2,5,8-14H2,1H3;1H. The van der Waals surface area contributed by atoms with Gasteiger partial charge in [-0.1, -0.05) is 19.1 Å². The van der Waals surface area contributed by atoms with Gasteiger partial charge in [-0.25, -0.2) is 4.39 Å². The minimum atomic E-state index is -0.233. The molecule has 23 heavy (non-hydrogen) atoms. The molecule has 2 rings (SSSR count). The second-order valence-corrected chi connectivity index (χ2v) is 6.17. The number of benzene rings is 1. The molecule has 1 heterocycles. The zero-order valence-corrected chi connectivity index (χ0v) is 14.7. The van der Waals surface area contributed by atoms with Crippen LogP contribution in [0.4, 0.5) is 4.39 Å². The minimum Gasteiger partial charge on any atom is -0.338 e. The van der Waals surface area contributed by atoms with Crippen molar-refractivity contribution in [3.05, 3.63) is 35.6 Å². The third-order valence-electron chi connectivity index (χ3n) is 4.36. The number of rotatable bonds is 7. The number of nitrogens with zero attached hydrogens (tertiary/aromatic N) is 1. The van der Waals surface area contributed by atoms with Crippen molar-refractivity contribution in [1.29, 1.82) is 0 Å². The molecule has 1 amide bonds. The van der Waals surface area contributed by atoms with Gasteiger partial charge in [-0.15, -0.1) is 12.4 Å². The van der Waals surface area contributed by atoms with Crippen molar-refractivity contribution in [2.45, 2.75) is 45.6 Å². The van der Waals surface area contributed by atoms with Crippen molar-refractivity contribution in [3.63, 3.8) is 0 Å². The summed E-state index contributed by atoms with van der Waals surface area (Å²) < 4.78 is 13.0. The molecule has 0 aromatic heterocycles. The van der Waals surface area contributed by atoms with Crippen LogP contribution in [-0.2, 0) is 11.3 Å². The lowest BCUT2D eigenvalue weighted by molar-refractivity contribution is -0.132. The van der Waals surface area contributed by atoms with Gasteiger partial charge in [-0.2, -0.15) is 0 Å². The van der Waals surface area contributed by atoms with Crippen molar-refractivity contribution >= 4 is 18.3 Å². The van der Waals surface area contributed by atoms with Crippen LogP contribution >= 0.6 is 12.4 Å². The van der Waals surface area contributed by atoms with Gasteiger partial charge < -0.3 is 10.2 Å². The molecule has 1 aromatic carbocycles. The highest BCUT2D eigenvalue weighted by Crippen LogP contribution is 2.19. The molecule has 1 aromatic rings. The highest BCUT2D eigenvalue weighted by molar-refractivity contribution is 5.85. The van der Waals surface area contributed by atoms with E-state index in [9.17, 15) is 9.18 Å². The Morgan fingerprint density at radius 1 is 1.26 bits per heavy atom. The minimum absolute atomic E-state index is 0. The summed E-state index contributed by atoms with van der Waals surface area (Å²) in [6.07, 6.45) is 4.92. The maximum absolute atomic E-state index is 13.0. The largest absolute Gasteiger partial charge is 0.338 e. The molecule has 1 N–H and O–H groups in total. The van der Waals surface area contributed by atoms with Gasteiger partial charge in [0.1, 0.15) is 5.82 Å². The fourth-order valence-electron chi connectivity index (χ4n) is 3.03. The Morgan fingerprint density at radius 3 is 2.52 bits per heavy atom. The summed E-state index contributed by atoms with van der Waals surface area (Å²) in [6, 6.07) is 6.44. The molecular formula is C18H28ClFN2O. The Labute approximate surface area is 145 Å². The molecule has 0 spiro atoms. The molecule has 3 nitrogen and oxygen atoms in total. The van der Waals surface area contributed by atoms with Gasteiger partial charge in [0.25, 0.3) is 0 Å². The van der Waals surface area contributed by atoms with E-state index in [1.54, 1.807) is 12.1 Å². The van der Waals surface area contributed by atoms with Crippen molar-refractivity contribution in [3.8, 4) is 0 Å². The van der Waals surface area contributed by atoms with Crippen LogP contribution < -0.4 is 5.32 Å². The molecule has 1 aliphatic heterocycles. The van der Waals surface area contributed by atoms with Crippen LogP contribution in [0.5, 0.6) is 0 Å². The fourth-order valence-corrected chi connectivity index (χ4v) is 3.03. The van der Waals surface area contributed by atoms with E-state index in [-0.39, 0.29) is 24.1 Å². The second kappa shape index (κ2) is 10.6. The van der Waals surface area contributed by atoms with E-state index in [2.05, 4.69) is 12.2 Å². The second-order valence-electron chi connectivity index (χ2n) is 6.17. The maximum atomic E-state index is 13.0. The predicted octanol–water partition coefficient (Wildman–Crippen LogP) is 3.77. The van der Waals surface area contributed by atoms with Crippen LogP contribution in [0, 0.1) is 11.7 Å². The number of carbonyl (C=O) groups excluding carboxylic acids is 1. The number of nitrogens with one attached hydrogen (secondary N) is 1. The zero-order valence-electron chi connectivity index (χ0n) is 13.9. The Kier molecular flexibility index (Phi) is 9.19. The van der Waals surface area contributed by atoms with Gasteiger partial charge in [0, 0.05) is 19.5 Å². The average Bonchev–Trinajstić information content (AvgIpc) is 2.55. The van der Waals surface area contributed by atoms with Gasteiger partial charge in [0.05, 0.1) is 0 Å². The SMILES string of the molecule is CCCN(Cc1ccc(F)cc1)C(=O)CCC1CCNCC1.Cl. The number of carbonyl (C=O) groups is 1. The van der Waals surface area contributed by atoms with Crippen molar-refractivity contribution in [1.82, 2.24) is 10.2 Å². The Bertz CT molecular complexity index is 461. The van der Waals surface area contributed by atoms with Crippen LogP contribution in [0.15, 0.2) is 24.3 Å². The first-order valence-electron chi connectivity index (χ1n) is 8.42. The quantitative estimate of drug-likeness (QED) is 0.818. The summed E-state index contributed by atoms with van der Waals surface area (Å²) in [4.78, 5) is 14.4. The van der Waals surface area contributed by atoms with E-state index in [0.29, 0.717) is 18.9 Å². The molecule has 5 heteroatoms. The summed E-state index contributed by atoms with van der Waals surface area (Å²) in [5, 5.41) is 3.36. The molecule has 1 saturated heterocycles. The molecule has 130 valence electrons. The smallest absolute Gasteiger partial charge is 0.222 e. The monoisotopic (exact) mass is 342 g/mol. The van der Waals surface area contributed by atoms with Crippen molar-refractivity contribution in [2.75, 3.05) is 19.6 Å². The number of halogens is 2. The van der Waals surface area contributed by atoms with Gasteiger partial charge in [-0.3, -0.25) is 4.79 Å². The van der Waals surface area contributed by atoms with E-state index in [4.69, 9.17) is 0 Å². The lowest BCUT2D eigenvalue weighted by Gasteiger charge is -2.25. The molecule has 0 bridgehead atoms. The van der Waals surface area contributed by atoms with Gasteiger partial charge in [0.2, 0.25) is 5.91 Å². The molecule has 0 saturated carbocycles. The van der Waals surface area contributed by atoms with E-state index < -0.39 is 0 Å². The lowest BCUT2D eigenvalue weighted by atomic mass is 9.93. The third kappa shape index (κ3) is 6.88. The number of hydrogen-bond acceptors (Lipinski definition) is 2. The summed E-state index contributed by atoms with van der Waals surface area (Å²) in [5.41, 5.74) is 0.991. The summed E-state index contributed by atoms with van der Waals surface area (Å²) in [5.74, 6) is 0.673. The van der Waals surface area contributed by atoms with Crippen LogP contribution in [0.2, 0.25) is 0 Å². The molecule has 1 aliphatic rings. The maximum Gasteiger partial charge on any atom is 0.222 e. The molecular weight excluding hydrogens is 315 g/mol. The summed E-state index contributed by atoms with van der Waals surface area (Å²) in [7, 11) is 0. The predicted molar refractivity (Wildman–Crippen MR) is 94.2 cm³/mol. The van der Waals surface area contributed by atoms with Crippen LogP contribution in [0.25, 0.3) is 0 Å². The first-order valence-corrected chi connectivity index (χ1v) is 8.42. The molecule has 0 atom stereocenters. The highest BCUT2D eigenvalue weighted by Gasteiger charge is 2.18. The van der Waals surface area contributed by atoms with Crippen LogP contribution in [-0.4, -0.2) is 30.4 Å². The highest BCUT2D eigenvalue weighted by atomic mass is 35.5. The zero-order chi connectivity index (χ0) is 15.8. The first-order chi connectivity index (χ1) is 10.7. The number of piperidine rings is 1. The Morgan fingerprint density at radius 2 is 1.91 bits per heavy atom. The topological polar surface area (TPSA) is 32.3 Å². The van der Waals surface area contributed by atoms with E-state index in [0.717, 1.165) is 38.0 Å². The molecule has 1 fully saturated rings. The van der Waals surface area contributed by atoms with E-state index in [1.807, 2.05) is 4.90 Å². The summed E-state index contributed by atoms with van der Waals surface area (Å²) in [6.45, 7) is 5.58. The first kappa shape index (κ1) is 19.9. The van der Waals surface area contributed by atoms with Gasteiger partial charge >= 0.3 is 0 Å². The molecule has 0 aliphatic carbocycles. The number of amides is 1. The van der Waals surface area contributed by atoms with Crippen molar-refractivity contribution < 1.29 is 9.18 Å². The third-order valence-corrected chi connectivity index (χ3v) is 4.36. The number of hydrogen-bond donors (Lipinski definition) is 1. The summed E-state index contributed by atoms with van der Waals surface area (Å²) >= 11 is 0. The van der Waals surface area contributed by atoms with E-state index >= 15 is 0 Å². The van der Waals surface area contributed by atoms with Gasteiger partial charge in [0.15, 0.2) is 0 Å². The van der Waals surface area contributed by atoms with Crippen LogP contribution in [0.3, 0.4) is 0 Å². The molecule has 0 radical (unpaired) electrons.